The van der Waals surface area contributed by atoms with Crippen molar-refractivity contribution >= 4 is 34.9 Å². The molecular weight excluding hydrogens is 506 g/mol. The van der Waals surface area contributed by atoms with Crippen LogP contribution in [0.25, 0.3) is 0 Å². The van der Waals surface area contributed by atoms with E-state index in [0.717, 1.165) is 17.0 Å². The summed E-state index contributed by atoms with van der Waals surface area (Å²) in [5, 5.41) is 5.84. The molecule has 0 spiro atoms. The van der Waals surface area contributed by atoms with Crippen molar-refractivity contribution in [2.75, 3.05) is 55.9 Å². The highest BCUT2D eigenvalue weighted by atomic mass is 16.5. The SMILES string of the molecule is COc1ccc(NC(=O)N2CCN(c3ccc(NC(=O)C(C)C)cc3C(=O)N(C)Cc3ccccc3)CC2)cc1. The number of carbonyl (C=O) groups excluding carboxylic acids is 3. The van der Waals surface area contributed by atoms with Crippen molar-refractivity contribution in [1.29, 1.82) is 0 Å². The standard InChI is InChI=1S/C31H37N5O4/c1-22(2)29(37)32-25-12-15-28(27(20-25)30(38)34(3)21-23-8-6-5-7-9-23)35-16-18-36(19-17-35)31(39)33-24-10-13-26(40-4)14-11-24/h5-15,20,22H,16-19,21H2,1-4H3,(H,32,37)(H,33,39). The normalized spacial score (nSPS) is 13.1. The van der Waals surface area contributed by atoms with Crippen LogP contribution in [-0.2, 0) is 11.3 Å². The predicted molar refractivity (Wildman–Crippen MR) is 158 cm³/mol. The van der Waals surface area contributed by atoms with Crippen LogP contribution in [0.15, 0.2) is 72.8 Å². The molecule has 2 N–H and O–H groups in total. The average molecular weight is 544 g/mol. The Bertz CT molecular complexity index is 1320. The van der Waals surface area contributed by atoms with Gasteiger partial charge in [0.05, 0.1) is 12.7 Å². The lowest BCUT2D eigenvalue weighted by Gasteiger charge is -2.37. The highest BCUT2D eigenvalue weighted by Gasteiger charge is 2.26. The molecule has 0 radical (unpaired) electrons. The van der Waals surface area contributed by atoms with Crippen molar-refractivity contribution in [3.63, 3.8) is 0 Å². The Labute approximate surface area is 235 Å². The van der Waals surface area contributed by atoms with Crippen LogP contribution in [0, 0.1) is 5.92 Å². The monoisotopic (exact) mass is 543 g/mol. The van der Waals surface area contributed by atoms with E-state index >= 15 is 0 Å². The van der Waals surface area contributed by atoms with Crippen molar-refractivity contribution in [3.8, 4) is 5.75 Å². The van der Waals surface area contributed by atoms with Crippen LogP contribution in [0.3, 0.4) is 0 Å². The van der Waals surface area contributed by atoms with E-state index in [1.807, 2.05) is 56.3 Å². The average Bonchev–Trinajstić information content (AvgIpc) is 2.97. The number of anilines is 3. The maximum Gasteiger partial charge on any atom is 0.321 e. The summed E-state index contributed by atoms with van der Waals surface area (Å²) >= 11 is 0. The van der Waals surface area contributed by atoms with Crippen LogP contribution in [0.1, 0.15) is 29.8 Å². The van der Waals surface area contributed by atoms with Crippen LogP contribution >= 0.6 is 0 Å². The van der Waals surface area contributed by atoms with Crippen molar-refractivity contribution in [2.24, 2.45) is 5.92 Å². The van der Waals surface area contributed by atoms with Gasteiger partial charge in [-0.3, -0.25) is 9.59 Å². The molecule has 0 atom stereocenters. The first-order valence-electron chi connectivity index (χ1n) is 13.4. The van der Waals surface area contributed by atoms with Crippen LogP contribution in [0.4, 0.5) is 21.9 Å². The summed E-state index contributed by atoms with van der Waals surface area (Å²) < 4.78 is 5.18. The molecule has 3 aromatic carbocycles. The molecule has 0 bridgehead atoms. The van der Waals surface area contributed by atoms with Crippen LogP contribution in [-0.4, -0.2) is 68.0 Å². The van der Waals surface area contributed by atoms with E-state index < -0.39 is 0 Å². The number of nitrogens with zero attached hydrogens (tertiary/aromatic N) is 3. The first-order valence-corrected chi connectivity index (χ1v) is 13.4. The Kier molecular flexibility index (Phi) is 9.27. The fraction of sp³-hybridized carbons (Fsp3) is 0.323. The molecule has 0 unspecified atom stereocenters. The van der Waals surface area contributed by atoms with Gasteiger partial charge in [0.2, 0.25) is 5.91 Å². The number of rotatable bonds is 8. The highest BCUT2D eigenvalue weighted by molar-refractivity contribution is 6.02. The Morgan fingerprint density at radius 1 is 0.875 bits per heavy atom. The first-order chi connectivity index (χ1) is 19.2. The van der Waals surface area contributed by atoms with E-state index in [-0.39, 0.29) is 23.8 Å². The van der Waals surface area contributed by atoms with Crippen LogP contribution < -0.4 is 20.3 Å². The molecule has 3 aromatic rings. The molecule has 1 saturated heterocycles. The molecule has 1 heterocycles. The summed E-state index contributed by atoms with van der Waals surface area (Å²) in [6, 6.07) is 22.3. The fourth-order valence-corrected chi connectivity index (χ4v) is 4.51. The number of carbonyl (C=O) groups is 3. The zero-order valence-electron chi connectivity index (χ0n) is 23.5. The summed E-state index contributed by atoms with van der Waals surface area (Å²) in [6.07, 6.45) is 0. The van der Waals surface area contributed by atoms with E-state index in [1.165, 1.54) is 0 Å². The number of ether oxygens (including phenoxy) is 1. The van der Waals surface area contributed by atoms with Crippen molar-refractivity contribution in [1.82, 2.24) is 9.80 Å². The van der Waals surface area contributed by atoms with Gasteiger partial charge in [-0.2, -0.15) is 0 Å². The van der Waals surface area contributed by atoms with Gasteiger partial charge >= 0.3 is 6.03 Å². The van der Waals surface area contributed by atoms with E-state index in [0.29, 0.717) is 49.7 Å². The van der Waals surface area contributed by atoms with Crippen molar-refractivity contribution in [2.45, 2.75) is 20.4 Å². The zero-order chi connectivity index (χ0) is 28.6. The van der Waals surface area contributed by atoms with Crippen molar-refractivity contribution < 1.29 is 19.1 Å². The van der Waals surface area contributed by atoms with Gasteiger partial charge in [-0.25, -0.2) is 4.79 Å². The van der Waals surface area contributed by atoms with Gasteiger partial charge in [0.1, 0.15) is 5.75 Å². The molecule has 210 valence electrons. The molecular formula is C31H37N5O4. The first kappa shape index (κ1) is 28.5. The van der Waals surface area contributed by atoms with E-state index in [4.69, 9.17) is 4.74 Å². The lowest BCUT2D eigenvalue weighted by molar-refractivity contribution is -0.118. The van der Waals surface area contributed by atoms with Crippen molar-refractivity contribution in [3.05, 3.63) is 83.9 Å². The van der Waals surface area contributed by atoms with E-state index in [2.05, 4.69) is 15.5 Å². The number of piperazine rings is 1. The smallest absolute Gasteiger partial charge is 0.321 e. The highest BCUT2D eigenvalue weighted by Crippen LogP contribution is 2.28. The summed E-state index contributed by atoms with van der Waals surface area (Å²) in [5.74, 6) is 0.289. The van der Waals surface area contributed by atoms with Gasteiger partial charge in [0, 0.05) is 62.8 Å². The number of hydrogen-bond acceptors (Lipinski definition) is 5. The Hall–Kier alpha value is -4.53. The van der Waals surface area contributed by atoms with Gasteiger partial charge in [-0.05, 0) is 48.0 Å². The second-order valence-electron chi connectivity index (χ2n) is 10.2. The zero-order valence-corrected chi connectivity index (χ0v) is 23.5. The number of urea groups is 1. The molecule has 0 saturated carbocycles. The van der Waals surface area contributed by atoms with Gasteiger partial charge < -0.3 is 30.1 Å². The maximum absolute atomic E-state index is 13.7. The molecule has 9 heteroatoms. The molecule has 4 amide bonds. The van der Waals surface area contributed by atoms with Gasteiger partial charge in [-0.1, -0.05) is 44.2 Å². The molecule has 0 aromatic heterocycles. The van der Waals surface area contributed by atoms with Gasteiger partial charge in [-0.15, -0.1) is 0 Å². The molecule has 1 fully saturated rings. The minimum atomic E-state index is -0.184. The molecule has 9 nitrogen and oxygen atoms in total. The Morgan fingerprint density at radius 3 is 2.15 bits per heavy atom. The molecule has 4 rings (SSSR count). The van der Waals surface area contributed by atoms with Gasteiger partial charge in [0.15, 0.2) is 0 Å². The fourth-order valence-electron chi connectivity index (χ4n) is 4.51. The molecule has 1 aliphatic heterocycles. The van der Waals surface area contributed by atoms with Gasteiger partial charge in [0.25, 0.3) is 5.91 Å². The summed E-state index contributed by atoms with van der Waals surface area (Å²) in [6.45, 7) is 6.25. The lowest BCUT2D eigenvalue weighted by Crippen LogP contribution is -2.50. The third kappa shape index (κ3) is 7.11. The van der Waals surface area contributed by atoms with E-state index in [9.17, 15) is 14.4 Å². The summed E-state index contributed by atoms with van der Waals surface area (Å²) in [7, 11) is 3.38. The molecule has 1 aliphatic rings. The number of amides is 4. The van der Waals surface area contributed by atoms with Crippen LogP contribution in [0.2, 0.25) is 0 Å². The topological polar surface area (TPSA) is 94.2 Å². The minimum Gasteiger partial charge on any atom is -0.497 e. The number of nitrogens with one attached hydrogen (secondary N) is 2. The lowest BCUT2D eigenvalue weighted by atomic mass is 10.1. The predicted octanol–water partition coefficient (Wildman–Crippen LogP) is 4.92. The largest absolute Gasteiger partial charge is 0.497 e. The number of methoxy groups -OCH3 is 1. The third-order valence-corrected chi connectivity index (χ3v) is 6.88. The Morgan fingerprint density at radius 2 is 1.52 bits per heavy atom. The number of benzene rings is 3. The second-order valence-corrected chi connectivity index (χ2v) is 10.2. The van der Waals surface area contributed by atoms with Crippen LogP contribution in [0.5, 0.6) is 5.75 Å². The Balaban J connectivity index is 1.49. The van der Waals surface area contributed by atoms with E-state index in [1.54, 1.807) is 54.3 Å². The number of hydrogen-bond donors (Lipinski definition) is 2. The quantitative estimate of drug-likeness (QED) is 0.421. The summed E-state index contributed by atoms with van der Waals surface area (Å²) in [5.41, 5.74) is 3.59. The molecule has 0 aliphatic carbocycles. The summed E-state index contributed by atoms with van der Waals surface area (Å²) in [4.78, 5) is 44.5. The third-order valence-electron chi connectivity index (χ3n) is 6.88. The molecule has 40 heavy (non-hydrogen) atoms. The maximum atomic E-state index is 13.7. The second kappa shape index (κ2) is 13.0. The minimum absolute atomic E-state index is 0.111.